The Morgan fingerprint density at radius 3 is 2.38 bits per heavy atom. The summed E-state index contributed by atoms with van der Waals surface area (Å²) in [6.45, 7) is 1.14. The summed E-state index contributed by atoms with van der Waals surface area (Å²) in [4.78, 5) is 10.6. The molecule has 3 atom stereocenters. The molecule has 6 nitrogen and oxygen atoms in total. The maximum absolute atomic E-state index is 10.6. The lowest BCUT2D eigenvalue weighted by Gasteiger charge is -2.31. The number of carboxylic acid groups (broad SMARTS) is 1. The third kappa shape index (κ3) is 1.22. The summed E-state index contributed by atoms with van der Waals surface area (Å²) in [5, 5.41) is 36.4. The Balaban J connectivity index is 2.99. The Hall–Kier alpha value is -0.690. The largest absolute Gasteiger partial charge is 0.479 e. The van der Waals surface area contributed by atoms with Gasteiger partial charge in [0.2, 0.25) is 5.60 Å². The van der Waals surface area contributed by atoms with Crippen LogP contribution in [0.2, 0.25) is 0 Å². The second-order valence-electron chi connectivity index (χ2n) is 3.14. The van der Waals surface area contributed by atoms with Crippen LogP contribution >= 0.6 is 0 Å². The van der Waals surface area contributed by atoms with Gasteiger partial charge < -0.3 is 25.2 Å². The van der Waals surface area contributed by atoms with Crippen LogP contribution in [0, 0.1) is 6.61 Å². The number of carbonyl (C=O) groups is 1. The Morgan fingerprint density at radius 2 is 2.15 bits per heavy atom. The molecule has 0 aliphatic carbocycles. The second kappa shape index (κ2) is 2.91. The van der Waals surface area contributed by atoms with Crippen LogP contribution < -0.4 is 0 Å². The van der Waals surface area contributed by atoms with Crippen molar-refractivity contribution in [1.29, 1.82) is 0 Å². The van der Waals surface area contributed by atoms with E-state index in [1.54, 1.807) is 0 Å². The molecule has 0 aromatic heterocycles. The van der Waals surface area contributed by atoms with Crippen LogP contribution in [0.3, 0.4) is 0 Å². The average molecular weight is 191 g/mol. The summed E-state index contributed by atoms with van der Waals surface area (Å²) in [6, 6.07) is 0. The van der Waals surface area contributed by atoms with E-state index in [9.17, 15) is 15.0 Å². The molecule has 0 aromatic rings. The SMILES string of the molecule is C[C@@]1(O)[C@@H](CO)O[CH][C@@]1(O)C(=O)O. The van der Waals surface area contributed by atoms with Crippen LogP contribution in [-0.4, -0.2) is 50.3 Å². The highest BCUT2D eigenvalue weighted by molar-refractivity contribution is 5.81. The number of hydrogen-bond donors (Lipinski definition) is 4. The molecular formula is C7H11O6. The van der Waals surface area contributed by atoms with Gasteiger partial charge in [0.15, 0.2) is 0 Å². The van der Waals surface area contributed by atoms with Gasteiger partial charge >= 0.3 is 5.97 Å². The first-order valence-electron chi connectivity index (χ1n) is 3.65. The minimum Gasteiger partial charge on any atom is -0.479 e. The molecule has 6 heteroatoms. The van der Waals surface area contributed by atoms with Gasteiger partial charge in [0, 0.05) is 0 Å². The van der Waals surface area contributed by atoms with Crippen LogP contribution in [0.25, 0.3) is 0 Å². The molecule has 75 valence electrons. The van der Waals surface area contributed by atoms with Crippen molar-refractivity contribution < 1.29 is 30.0 Å². The van der Waals surface area contributed by atoms with Crippen molar-refractivity contribution in [3.63, 3.8) is 0 Å². The first kappa shape index (κ1) is 10.4. The van der Waals surface area contributed by atoms with E-state index in [0.29, 0.717) is 6.61 Å². The third-order valence-corrected chi connectivity index (χ3v) is 2.29. The third-order valence-electron chi connectivity index (χ3n) is 2.29. The normalized spacial score (nSPS) is 45.1. The molecule has 1 aliphatic rings. The Kier molecular flexibility index (Phi) is 2.33. The van der Waals surface area contributed by atoms with Crippen LogP contribution in [0.15, 0.2) is 0 Å². The van der Waals surface area contributed by atoms with Crippen LogP contribution in [0.1, 0.15) is 6.92 Å². The van der Waals surface area contributed by atoms with Gasteiger partial charge in [0.05, 0.1) is 6.61 Å². The maximum Gasteiger partial charge on any atom is 0.341 e. The standard InChI is InChI=1S/C7H11O6/c1-6(11)4(2-8)13-3-7(6,12)5(9)10/h3-4,8,11-12H,2H2,1H3,(H,9,10)/t4-,6-,7-/m1/s1. The molecule has 0 bridgehead atoms. The van der Waals surface area contributed by atoms with E-state index in [2.05, 4.69) is 4.74 Å². The molecule has 1 heterocycles. The Labute approximate surface area is 74.4 Å². The molecular weight excluding hydrogens is 180 g/mol. The zero-order valence-electron chi connectivity index (χ0n) is 6.97. The maximum atomic E-state index is 10.6. The summed E-state index contributed by atoms with van der Waals surface area (Å²) in [5.41, 5.74) is -4.51. The monoisotopic (exact) mass is 191 g/mol. The summed E-state index contributed by atoms with van der Waals surface area (Å²) in [7, 11) is 0. The lowest BCUT2D eigenvalue weighted by Crippen LogP contribution is -2.59. The quantitative estimate of drug-likeness (QED) is 0.406. The van der Waals surface area contributed by atoms with Gasteiger partial charge in [-0.15, -0.1) is 0 Å². The van der Waals surface area contributed by atoms with E-state index >= 15 is 0 Å². The first-order valence-corrected chi connectivity index (χ1v) is 3.65. The summed E-state index contributed by atoms with van der Waals surface area (Å²) >= 11 is 0. The molecule has 1 saturated heterocycles. The van der Waals surface area contributed by atoms with Crippen molar-refractivity contribution in [2.24, 2.45) is 0 Å². The van der Waals surface area contributed by atoms with Gasteiger partial charge in [0.1, 0.15) is 18.3 Å². The number of carboxylic acids is 1. The molecule has 1 radical (unpaired) electrons. The van der Waals surface area contributed by atoms with E-state index in [-0.39, 0.29) is 0 Å². The minimum atomic E-state index is -2.47. The molecule has 0 spiro atoms. The van der Waals surface area contributed by atoms with Crippen molar-refractivity contribution in [3.8, 4) is 0 Å². The molecule has 1 rings (SSSR count). The van der Waals surface area contributed by atoms with Crippen molar-refractivity contribution >= 4 is 5.97 Å². The summed E-state index contributed by atoms with van der Waals surface area (Å²) in [6.07, 6.45) is -1.13. The fourth-order valence-corrected chi connectivity index (χ4v) is 1.17. The molecule has 0 saturated carbocycles. The molecule has 4 N–H and O–H groups in total. The van der Waals surface area contributed by atoms with Gasteiger partial charge in [-0.3, -0.25) is 0 Å². The van der Waals surface area contributed by atoms with Crippen molar-refractivity contribution in [1.82, 2.24) is 0 Å². The molecule has 1 fully saturated rings. The van der Waals surface area contributed by atoms with Gasteiger partial charge in [0.25, 0.3) is 0 Å². The van der Waals surface area contributed by atoms with Gasteiger partial charge in [-0.2, -0.15) is 0 Å². The van der Waals surface area contributed by atoms with E-state index < -0.39 is 29.9 Å². The predicted octanol–water partition coefficient (Wildman–Crippen LogP) is -1.89. The second-order valence-corrected chi connectivity index (χ2v) is 3.14. The summed E-state index contributed by atoms with van der Waals surface area (Å²) < 4.78 is 4.64. The number of aliphatic carboxylic acids is 1. The highest BCUT2D eigenvalue weighted by Crippen LogP contribution is 2.37. The van der Waals surface area contributed by atoms with Gasteiger partial charge in [-0.25, -0.2) is 4.79 Å². The van der Waals surface area contributed by atoms with Crippen molar-refractivity contribution in [2.75, 3.05) is 6.61 Å². The zero-order chi connectivity index (χ0) is 10.3. The average Bonchev–Trinajstić information content (AvgIpc) is 2.25. The molecule has 0 unspecified atom stereocenters. The van der Waals surface area contributed by atoms with Crippen LogP contribution in [0.5, 0.6) is 0 Å². The topological polar surface area (TPSA) is 107 Å². The van der Waals surface area contributed by atoms with E-state index in [4.69, 9.17) is 10.2 Å². The number of hydrogen-bond acceptors (Lipinski definition) is 5. The van der Waals surface area contributed by atoms with Crippen LogP contribution in [0.4, 0.5) is 0 Å². The molecule has 13 heavy (non-hydrogen) atoms. The first-order chi connectivity index (χ1) is 5.86. The Morgan fingerprint density at radius 1 is 1.62 bits per heavy atom. The zero-order valence-corrected chi connectivity index (χ0v) is 6.97. The minimum absolute atomic E-state index is 0.570. The van der Waals surface area contributed by atoms with Gasteiger partial charge in [-0.1, -0.05) is 0 Å². The van der Waals surface area contributed by atoms with E-state index in [1.807, 2.05) is 0 Å². The van der Waals surface area contributed by atoms with Gasteiger partial charge in [-0.05, 0) is 6.92 Å². The summed E-state index contributed by atoms with van der Waals surface area (Å²) in [5.74, 6) is -1.62. The fourth-order valence-electron chi connectivity index (χ4n) is 1.17. The molecule has 0 amide bonds. The fraction of sp³-hybridized carbons (Fsp3) is 0.714. The number of aliphatic hydroxyl groups excluding tert-OH is 1. The van der Waals surface area contributed by atoms with Crippen molar-refractivity contribution in [3.05, 3.63) is 6.61 Å². The lowest BCUT2D eigenvalue weighted by molar-refractivity contribution is -0.178. The van der Waals surface area contributed by atoms with E-state index in [0.717, 1.165) is 6.92 Å². The van der Waals surface area contributed by atoms with Crippen LogP contribution in [-0.2, 0) is 9.53 Å². The van der Waals surface area contributed by atoms with Crippen molar-refractivity contribution in [2.45, 2.75) is 24.2 Å². The lowest BCUT2D eigenvalue weighted by atomic mass is 9.83. The number of ether oxygens (including phenoxy) is 1. The smallest absolute Gasteiger partial charge is 0.341 e. The van der Waals surface area contributed by atoms with E-state index in [1.165, 1.54) is 0 Å². The highest BCUT2D eigenvalue weighted by atomic mass is 16.6. The number of rotatable bonds is 2. The Bertz CT molecular complexity index is 225. The molecule has 0 aromatic carbocycles. The number of aliphatic hydroxyl groups is 3. The highest BCUT2D eigenvalue weighted by Gasteiger charge is 2.62. The molecule has 1 aliphatic heterocycles. The predicted molar refractivity (Wildman–Crippen MR) is 39.5 cm³/mol.